The van der Waals surface area contributed by atoms with Gasteiger partial charge in [-0.05, 0) is 31.4 Å². The van der Waals surface area contributed by atoms with E-state index in [1.165, 1.54) is 38.9 Å². The minimum absolute atomic E-state index is 0.544. The molecule has 0 amide bonds. The molecule has 2 unspecified atom stereocenters. The largest absolute Gasteiger partial charge is 0.295 e. The van der Waals surface area contributed by atoms with Gasteiger partial charge in [-0.15, -0.1) is 0 Å². The van der Waals surface area contributed by atoms with Crippen molar-refractivity contribution in [3.05, 3.63) is 36.2 Å². The molecule has 3 aliphatic rings. The number of benzene rings is 1. The van der Waals surface area contributed by atoms with Crippen LogP contribution in [0, 0.1) is 0 Å². The van der Waals surface area contributed by atoms with E-state index in [1.807, 2.05) is 24.4 Å². The van der Waals surface area contributed by atoms with Crippen LogP contribution in [0.2, 0.25) is 0 Å². The lowest BCUT2D eigenvalue weighted by atomic mass is 9.61. The number of piperazine rings is 1. The summed E-state index contributed by atoms with van der Waals surface area (Å²) in [6.45, 7) is 4.69. The summed E-state index contributed by atoms with van der Waals surface area (Å²) in [4.78, 5) is 14.7. The molecule has 5 rings (SSSR count). The maximum absolute atomic E-state index is 4.79. The highest BCUT2D eigenvalue weighted by Gasteiger charge is 2.59. The van der Waals surface area contributed by atoms with E-state index in [0.29, 0.717) is 5.54 Å². The SMILES string of the molecule is c1ccc2nc(CN3CCN4CCC45CCC35)cnc2c1. The predicted molar refractivity (Wildman–Crippen MR) is 81.9 cm³/mol. The number of fused-ring (bicyclic) bond motifs is 1. The van der Waals surface area contributed by atoms with Crippen LogP contribution in [-0.2, 0) is 6.54 Å². The Kier molecular flexibility index (Phi) is 2.44. The fourth-order valence-corrected chi connectivity index (χ4v) is 4.56. The molecule has 0 N–H and O–H groups in total. The summed E-state index contributed by atoms with van der Waals surface area (Å²) in [7, 11) is 0. The number of hydrogen-bond acceptors (Lipinski definition) is 4. The second-order valence-electron chi connectivity index (χ2n) is 6.72. The second kappa shape index (κ2) is 4.24. The third-order valence-electron chi connectivity index (χ3n) is 5.88. The molecule has 2 aromatic rings. The molecule has 2 atom stereocenters. The quantitative estimate of drug-likeness (QED) is 0.843. The third kappa shape index (κ3) is 1.63. The lowest BCUT2D eigenvalue weighted by molar-refractivity contribution is -0.176. The lowest BCUT2D eigenvalue weighted by Gasteiger charge is -2.69. The fraction of sp³-hybridized carbons (Fsp3) is 0.529. The van der Waals surface area contributed by atoms with Gasteiger partial charge >= 0.3 is 0 Å². The van der Waals surface area contributed by atoms with Gasteiger partial charge in [0.15, 0.2) is 0 Å². The van der Waals surface area contributed by atoms with E-state index in [2.05, 4.69) is 20.9 Å². The molecule has 3 heterocycles. The number of nitrogens with zero attached hydrogens (tertiary/aromatic N) is 4. The molecule has 3 fully saturated rings. The summed E-state index contributed by atoms with van der Waals surface area (Å²) < 4.78 is 0. The van der Waals surface area contributed by atoms with Crippen molar-refractivity contribution in [3.63, 3.8) is 0 Å². The van der Waals surface area contributed by atoms with Crippen LogP contribution in [0.5, 0.6) is 0 Å². The highest BCUT2D eigenvalue weighted by Crippen LogP contribution is 2.51. The Labute approximate surface area is 124 Å². The van der Waals surface area contributed by atoms with E-state index in [4.69, 9.17) is 4.98 Å². The first-order valence-corrected chi connectivity index (χ1v) is 8.05. The Morgan fingerprint density at radius 3 is 2.76 bits per heavy atom. The van der Waals surface area contributed by atoms with Crippen LogP contribution in [0.15, 0.2) is 30.5 Å². The van der Waals surface area contributed by atoms with Gasteiger partial charge in [-0.3, -0.25) is 14.8 Å². The molecule has 0 bridgehead atoms. The maximum atomic E-state index is 4.79. The van der Waals surface area contributed by atoms with Crippen LogP contribution in [0.4, 0.5) is 0 Å². The monoisotopic (exact) mass is 280 g/mol. The Balaban J connectivity index is 1.41. The fourth-order valence-electron chi connectivity index (χ4n) is 4.56. The van der Waals surface area contributed by atoms with E-state index >= 15 is 0 Å². The molecule has 0 radical (unpaired) electrons. The van der Waals surface area contributed by atoms with Crippen molar-refractivity contribution in [1.29, 1.82) is 0 Å². The molecule has 21 heavy (non-hydrogen) atoms. The summed E-state index contributed by atoms with van der Waals surface area (Å²) >= 11 is 0. The summed E-state index contributed by atoms with van der Waals surface area (Å²) in [5.74, 6) is 0. The first-order chi connectivity index (χ1) is 10.4. The molecule has 1 aromatic heterocycles. The first-order valence-electron chi connectivity index (χ1n) is 8.05. The van der Waals surface area contributed by atoms with Gasteiger partial charge in [0.25, 0.3) is 0 Å². The highest BCUT2D eigenvalue weighted by atomic mass is 15.4. The summed E-state index contributed by atoms with van der Waals surface area (Å²) in [6.07, 6.45) is 6.12. The smallest absolute Gasteiger partial charge is 0.0890 e. The van der Waals surface area contributed by atoms with Crippen LogP contribution in [0.25, 0.3) is 11.0 Å². The van der Waals surface area contributed by atoms with Gasteiger partial charge in [0.05, 0.1) is 22.9 Å². The lowest BCUT2D eigenvalue weighted by Crippen LogP contribution is -2.79. The molecular weight excluding hydrogens is 260 g/mol. The summed E-state index contributed by atoms with van der Waals surface area (Å²) in [5.41, 5.74) is 3.66. The van der Waals surface area contributed by atoms with Crippen molar-refractivity contribution in [1.82, 2.24) is 19.8 Å². The van der Waals surface area contributed by atoms with Crippen molar-refractivity contribution in [2.75, 3.05) is 19.6 Å². The van der Waals surface area contributed by atoms with E-state index in [1.54, 1.807) is 0 Å². The summed E-state index contributed by atoms with van der Waals surface area (Å²) in [6, 6.07) is 8.90. The van der Waals surface area contributed by atoms with Gasteiger partial charge in [0.2, 0.25) is 0 Å². The van der Waals surface area contributed by atoms with Crippen molar-refractivity contribution in [3.8, 4) is 0 Å². The Morgan fingerprint density at radius 2 is 2.00 bits per heavy atom. The molecule has 1 aromatic carbocycles. The van der Waals surface area contributed by atoms with Gasteiger partial charge in [-0.25, -0.2) is 4.98 Å². The normalized spacial score (nSPS) is 32.1. The number of aromatic nitrogens is 2. The molecular formula is C17H20N4. The zero-order valence-corrected chi connectivity index (χ0v) is 12.2. The molecule has 4 heteroatoms. The van der Waals surface area contributed by atoms with Gasteiger partial charge in [-0.2, -0.15) is 0 Å². The van der Waals surface area contributed by atoms with E-state index < -0.39 is 0 Å². The van der Waals surface area contributed by atoms with Gasteiger partial charge in [0.1, 0.15) is 0 Å². The zero-order valence-electron chi connectivity index (χ0n) is 12.2. The molecule has 2 saturated heterocycles. The van der Waals surface area contributed by atoms with E-state index in [-0.39, 0.29) is 0 Å². The van der Waals surface area contributed by atoms with Crippen LogP contribution in [0.1, 0.15) is 25.0 Å². The second-order valence-corrected chi connectivity index (χ2v) is 6.72. The van der Waals surface area contributed by atoms with Gasteiger partial charge in [-0.1, -0.05) is 12.1 Å². The third-order valence-corrected chi connectivity index (χ3v) is 5.88. The van der Waals surface area contributed by atoms with Crippen molar-refractivity contribution >= 4 is 11.0 Å². The topological polar surface area (TPSA) is 32.3 Å². The average molecular weight is 280 g/mol. The summed E-state index contributed by atoms with van der Waals surface area (Å²) in [5, 5.41) is 0. The molecule has 1 saturated carbocycles. The number of hydrogen-bond donors (Lipinski definition) is 0. The highest BCUT2D eigenvalue weighted by molar-refractivity contribution is 5.73. The van der Waals surface area contributed by atoms with Crippen molar-refractivity contribution in [2.45, 2.75) is 37.4 Å². The standard InChI is InChI=1S/C17H20N4/c1-2-4-15-14(3-1)18-11-13(19-15)12-20-9-10-21-8-7-17(21)6-5-16(17)20/h1-4,11,16H,5-10,12H2. The average Bonchev–Trinajstić information content (AvgIpc) is 2.44. The van der Waals surface area contributed by atoms with Crippen molar-refractivity contribution in [2.24, 2.45) is 0 Å². The van der Waals surface area contributed by atoms with Crippen LogP contribution in [-0.4, -0.2) is 51.0 Å². The molecule has 4 nitrogen and oxygen atoms in total. The minimum Gasteiger partial charge on any atom is -0.295 e. The number of rotatable bonds is 2. The first kappa shape index (κ1) is 12.1. The molecule has 108 valence electrons. The maximum Gasteiger partial charge on any atom is 0.0890 e. The minimum atomic E-state index is 0.544. The number of para-hydroxylation sites is 2. The molecule has 2 aliphatic heterocycles. The Bertz CT molecular complexity index is 696. The van der Waals surface area contributed by atoms with Gasteiger partial charge in [0, 0.05) is 37.8 Å². The Hall–Kier alpha value is -1.52. The van der Waals surface area contributed by atoms with Crippen molar-refractivity contribution < 1.29 is 0 Å². The van der Waals surface area contributed by atoms with Crippen LogP contribution >= 0.6 is 0 Å². The molecule has 1 aliphatic carbocycles. The van der Waals surface area contributed by atoms with Crippen LogP contribution in [0.3, 0.4) is 0 Å². The predicted octanol–water partition coefficient (Wildman–Crippen LogP) is 2.05. The van der Waals surface area contributed by atoms with E-state index in [0.717, 1.165) is 29.3 Å². The van der Waals surface area contributed by atoms with Gasteiger partial charge < -0.3 is 0 Å². The van der Waals surface area contributed by atoms with E-state index in [9.17, 15) is 0 Å². The van der Waals surface area contributed by atoms with Crippen LogP contribution < -0.4 is 0 Å². The Morgan fingerprint density at radius 1 is 1.10 bits per heavy atom. The molecule has 1 spiro atoms. The zero-order chi connectivity index (χ0) is 13.9.